The highest BCUT2D eigenvalue weighted by molar-refractivity contribution is 6.29. The van der Waals surface area contributed by atoms with Gasteiger partial charge in [-0.1, -0.05) is 54.1 Å². The van der Waals surface area contributed by atoms with Crippen molar-refractivity contribution < 1.29 is 27.9 Å². The smallest absolute Gasteiger partial charge is 0.475 e. The van der Waals surface area contributed by atoms with Crippen LogP contribution in [0.15, 0.2) is 72.9 Å². The predicted octanol–water partition coefficient (Wildman–Crippen LogP) is 5.78. The van der Waals surface area contributed by atoms with Crippen LogP contribution in [-0.2, 0) is 17.8 Å². The van der Waals surface area contributed by atoms with Gasteiger partial charge < -0.3 is 10.0 Å². The highest BCUT2D eigenvalue weighted by Crippen LogP contribution is 2.33. The molecule has 0 saturated heterocycles. The monoisotopic (exact) mass is 513 g/mol. The molecule has 5 rings (SSSR count). The van der Waals surface area contributed by atoms with Crippen LogP contribution in [0.2, 0.25) is 5.15 Å². The molecule has 1 aliphatic rings. The molecule has 1 aliphatic heterocycles. The van der Waals surface area contributed by atoms with Gasteiger partial charge in [-0.3, -0.25) is 9.78 Å². The van der Waals surface area contributed by atoms with Crippen LogP contribution in [-0.4, -0.2) is 44.6 Å². The van der Waals surface area contributed by atoms with Crippen LogP contribution in [0.4, 0.5) is 13.2 Å². The van der Waals surface area contributed by atoms with Gasteiger partial charge >= 0.3 is 12.1 Å². The van der Waals surface area contributed by atoms with Gasteiger partial charge in [0.2, 0.25) is 0 Å². The van der Waals surface area contributed by atoms with Crippen molar-refractivity contribution in [2.75, 3.05) is 6.54 Å². The first-order valence-corrected chi connectivity index (χ1v) is 11.2. The molecule has 0 radical (unpaired) electrons. The number of rotatable bonds is 4. The van der Waals surface area contributed by atoms with Crippen molar-refractivity contribution in [2.24, 2.45) is 0 Å². The number of fused-ring (bicyclic) bond motifs is 2. The number of nitrogens with zero attached hydrogens (tertiary/aromatic N) is 3. The highest BCUT2D eigenvalue weighted by Gasteiger charge is 2.38. The van der Waals surface area contributed by atoms with Crippen LogP contribution < -0.4 is 0 Å². The Labute approximate surface area is 209 Å². The number of carbonyl (C=O) groups excluding carboxylic acids is 1. The number of benzene rings is 2. The van der Waals surface area contributed by atoms with E-state index in [0.29, 0.717) is 18.2 Å². The summed E-state index contributed by atoms with van der Waals surface area (Å²) in [5.74, 6) is -2.70. The number of amides is 1. The summed E-state index contributed by atoms with van der Waals surface area (Å²) in [4.78, 5) is 32.7. The van der Waals surface area contributed by atoms with Gasteiger partial charge in [0, 0.05) is 36.8 Å². The standard InChI is InChI=1S/C24H18ClN3O.C2HF3O2/c25-22-14-17(10-12-26-22)20-6-3-5-18-15-28(24(29)23(18)20)13-11-19-9-8-16-4-1-2-7-21(16)27-19;3-2(4,5)1(6)7/h1-10,12,14H,11,13,15H2;(H,6,7). The van der Waals surface area contributed by atoms with Gasteiger partial charge in [0.05, 0.1) is 11.1 Å². The molecule has 4 aromatic rings. The fourth-order valence-corrected chi connectivity index (χ4v) is 4.08. The number of carboxylic acid groups (broad SMARTS) is 1. The maximum absolute atomic E-state index is 13.2. The zero-order valence-electron chi connectivity index (χ0n) is 18.7. The molecule has 6 nitrogen and oxygen atoms in total. The van der Waals surface area contributed by atoms with E-state index in [1.807, 2.05) is 53.4 Å². The van der Waals surface area contributed by atoms with Crippen LogP contribution in [0.5, 0.6) is 0 Å². The number of carbonyl (C=O) groups is 2. The highest BCUT2D eigenvalue weighted by atomic mass is 35.5. The summed E-state index contributed by atoms with van der Waals surface area (Å²) in [5.41, 5.74) is 5.61. The van der Waals surface area contributed by atoms with Crippen LogP contribution in [0.25, 0.3) is 22.0 Å². The summed E-state index contributed by atoms with van der Waals surface area (Å²) < 4.78 is 31.7. The quantitative estimate of drug-likeness (QED) is 0.350. The fourth-order valence-electron chi connectivity index (χ4n) is 3.91. The molecular formula is C26H19ClF3N3O3. The molecule has 0 fully saturated rings. The largest absolute Gasteiger partial charge is 0.490 e. The maximum atomic E-state index is 13.2. The Balaban J connectivity index is 0.000000384. The first-order chi connectivity index (χ1) is 17.1. The summed E-state index contributed by atoms with van der Waals surface area (Å²) in [5, 5.41) is 8.67. The zero-order valence-corrected chi connectivity index (χ0v) is 19.4. The van der Waals surface area contributed by atoms with Crippen LogP contribution in [0.3, 0.4) is 0 Å². The third kappa shape index (κ3) is 5.63. The lowest BCUT2D eigenvalue weighted by molar-refractivity contribution is -0.192. The predicted molar refractivity (Wildman–Crippen MR) is 129 cm³/mol. The minimum Gasteiger partial charge on any atom is -0.475 e. The SMILES string of the molecule is O=C(O)C(F)(F)F.O=C1c2c(cccc2-c2ccnc(Cl)c2)CN1CCc1ccc2ccccc2n1. The van der Waals surface area contributed by atoms with Crippen molar-refractivity contribution in [3.63, 3.8) is 0 Å². The van der Waals surface area contributed by atoms with Gasteiger partial charge in [0.25, 0.3) is 5.91 Å². The van der Waals surface area contributed by atoms with E-state index in [1.54, 1.807) is 12.3 Å². The van der Waals surface area contributed by atoms with Crippen molar-refractivity contribution in [1.82, 2.24) is 14.9 Å². The number of hydrogen-bond acceptors (Lipinski definition) is 4. The number of aliphatic carboxylic acids is 1. The zero-order chi connectivity index (χ0) is 25.9. The van der Waals surface area contributed by atoms with Gasteiger partial charge in [-0.05, 0) is 41.0 Å². The maximum Gasteiger partial charge on any atom is 0.490 e. The van der Waals surface area contributed by atoms with Gasteiger partial charge in [0.1, 0.15) is 5.15 Å². The summed E-state index contributed by atoms with van der Waals surface area (Å²) >= 11 is 6.06. The number of carboxylic acids is 1. The topological polar surface area (TPSA) is 83.4 Å². The van der Waals surface area contributed by atoms with Gasteiger partial charge in [0.15, 0.2) is 0 Å². The van der Waals surface area contributed by atoms with Crippen molar-refractivity contribution in [2.45, 2.75) is 19.1 Å². The molecule has 2 aromatic heterocycles. The Morgan fingerprint density at radius 1 is 1.06 bits per heavy atom. The van der Waals surface area contributed by atoms with Gasteiger partial charge in [-0.2, -0.15) is 13.2 Å². The molecule has 3 heterocycles. The molecule has 0 spiro atoms. The fraction of sp³-hybridized carbons (Fsp3) is 0.154. The second-order valence-electron chi connectivity index (χ2n) is 7.98. The average molecular weight is 514 g/mol. The van der Waals surface area contributed by atoms with E-state index < -0.39 is 12.1 Å². The Kier molecular flexibility index (Phi) is 7.21. The molecule has 0 bridgehead atoms. The summed E-state index contributed by atoms with van der Waals surface area (Å²) in [6, 6.07) is 21.9. The number of alkyl halides is 3. The van der Waals surface area contributed by atoms with Crippen LogP contribution >= 0.6 is 11.6 Å². The molecule has 184 valence electrons. The molecule has 2 aromatic carbocycles. The van der Waals surface area contributed by atoms with Gasteiger partial charge in [-0.25, -0.2) is 9.78 Å². The summed E-state index contributed by atoms with van der Waals surface area (Å²) in [6.07, 6.45) is -2.69. The lowest BCUT2D eigenvalue weighted by Crippen LogP contribution is -2.26. The molecule has 1 amide bonds. The number of aromatic nitrogens is 2. The third-order valence-electron chi connectivity index (χ3n) is 5.59. The molecule has 0 aliphatic carbocycles. The van der Waals surface area contributed by atoms with Gasteiger partial charge in [-0.15, -0.1) is 0 Å². The van der Waals surface area contributed by atoms with Crippen molar-refractivity contribution in [3.8, 4) is 11.1 Å². The first-order valence-electron chi connectivity index (χ1n) is 10.8. The number of halogens is 4. The average Bonchev–Trinajstić information content (AvgIpc) is 3.18. The number of para-hydroxylation sites is 1. The van der Waals surface area contributed by atoms with E-state index in [2.05, 4.69) is 17.1 Å². The molecule has 1 N–H and O–H groups in total. The second-order valence-corrected chi connectivity index (χ2v) is 8.37. The Hall–Kier alpha value is -3.98. The number of pyridine rings is 2. The van der Waals surface area contributed by atoms with E-state index >= 15 is 0 Å². The Morgan fingerprint density at radius 2 is 1.81 bits per heavy atom. The molecule has 0 saturated carbocycles. The van der Waals surface area contributed by atoms with E-state index in [0.717, 1.165) is 45.3 Å². The minimum atomic E-state index is -5.08. The molecule has 0 unspecified atom stereocenters. The number of hydrogen-bond donors (Lipinski definition) is 1. The van der Waals surface area contributed by atoms with Crippen LogP contribution in [0.1, 0.15) is 21.6 Å². The van der Waals surface area contributed by atoms with E-state index in [-0.39, 0.29) is 5.91 Å². The Morgan fingerprint density at radius 3 is 2.53 bits per heavy atom. The molecule has 0 atom stereocenters. The normalized spacial score (nSPS) is 12.8. The lowest BCUT2D eigenvalue weighted by Gasteiger charge is -2.15. The van der Waals surface area contributed by atoms with Crippen molar-refractivity contribution in [3.05, 3.63) is 94.9 Å². The molecular weight excluding hydrogens is 495 g/mol. The lowest BCUT2D eigenvalue weighted by atomic mass is 9.97. The van der Waals surface area contributed by atoms with Crippen molar-refractivity contribution >= 4 is 34.4 Å². The van der Waals surface area contributed by atoms with E-state index in [4.69, 9.17) is 26.5 Å². The molecule has 10 heteroatoms. The first kappa shape index (κ1) is 25.1. The molecule has 36 heavy (non-hydrogen) atoms. The van der Waals surface area contributed by atoms with E-state index in [1.165, 1.54) is 0 Å². The van der Waals surface area contributed by atoms with Crippen LogP contribution in [0, 0.1) is 0 Å². The summed E-state index contributed by atoms with van der Waals surface area (Å²) in [7, 11) is 0. The van der Waals surface area contributed by atoms with E-state index in [9.17, 15) is 18.0 Å². The minimum absolute atomic E-state index is 0.0596. The summed E-state index contributed by atoms with van der Waals surface area (Å²) in [6.45, 7) is 1.25. The third-order valence-corrected chi connectivity index (χ3v) is 5.79. The van der Waals surface area contributed by atoms with Crippen molar-refractivity contribution in [1.29, 1.82) is 0 Å². The second kappa shape index (κ2) is 10.3. The Bertz CT molecular complexity index is 1440.